The molecule has 3 nitrogen and oxygen atoms in total. The molecule has 18 heavy (non-hydrogen) atoms. The van der Waals surface area contributed by atoms with Crippen molar-refractivity contribution in [1.82, 2.24) is 0 Å². The first-order chi connectivity index (χ1) is 8.61. The van der Waals surface area contributed by atoms with E-state index in [-0.39, 0.29) is 5.97 Å². The van der Waals surface area contributed by atoms with E-state index in [0.29, 0.717) is 23.6 Å². The van der Waals surface area contributed by atoms with Gasteiger partial charge in [-0.15, -0.1) is 0 Å². The van der Waals surface area contributed by atoms with Crippen LogP contribution in [0.15, 0.2) is 24.3 Å². The molecule has 0 heterocycles. The zero-order valence-corrected chi connectivity index (χ0v) is 11.5. The van der Waals surface area contributed by atoms with Gasteiger partial charge in [0.25, 0.3) is 0 Å². The maximum Gasteiger partial charge on any atom is 0.311 e. The van der Waals surface area contributed by atoms with Crippen molar-refractivity contribution in [2.24, 2.45) is 5.92 Å². The molecule has 0 fully saturated rings. The molecular weight excluding hydrogens is 252 g/mol. The third kappa shape index (κ3) is 3.72. The highest BCUT2D eigenvalue weighted by molar-refractivity contribution is 6.31. The fourth-order valence-corrected chi connectivity index (χ4v) is 2.14. The smallest absolute Gasteiger partial charge is 0.311 e. The molecule has 1 aromatic carbocycles. The number of hydrogen-bond acceptors (Lipinski definition) is 3. The third-order valence-electron chi connectivity index (χ3n) is 2.79. The van der Waals surface area contributed by atoms with Crippen molar-refractivity contribution in [1.29, 1.82) is 0 Å². The van der Waals surface area contributed by atoms with E-state index in [9.17, 15) is 9.90 Å². The molecule has 0 aliphatic rings. The highest BCUT2D eigenvalue weighted by Crippen LogP contribution is 2.31. The molecule has 1 aromatic rings. The summed E-state index contributed by atoms with van der Waals surface area (Å²) in [5, 5.41) is 10.8. The Morgan fingerprint density at radius 2 is 2.06 bits per heavy atom. The van der Waals surface area contributed by atoms with Crippen LogP contribution >= 0.6 is 11.6 Å². The number of rotatable bonds is 6. The second-order valence-corrected chi connectivity index (χ2v) is 4.52. The lowest BCUT2D eigenvalue weighted by molar-refractivity contribution is -0.152. The van der Waals surface area contributed by atoms with Gasteiger partial charge in [0.1, 0.15) is 0 Å². The van der Waals surface area contributed by atoms with E-state index in [4.69, 9.17) is 16.3 Å². The van der Waals surface area contributed by atoms with Gasteiger partial charge in [0.2, 0.25) is 0 Å². The maximum atomic E-state index is 11.8. The van der Waals surface area contributed by atoms with Crippen LogP contribution in [0.25, 0.3) is 0 Å². The number of carbonyl (C=O) groups is 1. The Kier molecular flexibility index (Phi) is 6.16. The van der Waals surface area contributed by atoms with Crippen LogP contribution in [0, 0.1) is 5.92 Å². The van der Waals surface area contributed by atoms with E-state index in [1.165, 1.54) is 0 Å². The summed E-state index contributed by atoms with van der Waals surface area (Å²) >= 11 is 6.03. The Morgan fingerprint density at radius 3 is 2.61 bits per heavy atom. The molecule has 1 rings (SSSR count). The zero-order chi connectivity index (χ0) is 13.5. The van der Waals surface area contributed by atoms with Crippen LogP contribution in [0.5, 0.6) is 0 Å². The third-order valence-corrected chi connectivity index (χ3v) is 3.14. The van der Waals surface area contributed by atoms with Gasteiger partial charge in [-0.05, 0) is 25.0 Å². The molecule has 0 aromatic heterocycles. The normalized spacial score (nSPS) is 14.0. The molecule has 0 saturated carbocycles. The topological polar surface area (TPSA) is 46.5 Å². The summed E-state index contributed by atoms with van der Waals surface area (Å²) in [4.78, 5) is 11.8. The molecule has 0 spiro atoms. The summed E-state index contributed by atoms with van der Waals surface area (Å²) in [5.41, 5.74) is 0.575. The highest BCUT2D eigenvalue weighted by atomic mass is 35.5. The van der Waals surface area contributed by atoms with Crippen molar-refractivity contribution in [2.45, 2.75) is 32.8 Å². The van der Waals surface area contributed by atoms with Crippen LogP contribution in [0.4, 0.5) is 0 Å². The van der Waals surface area contributed by atoms with E-state index in [1.807, 2.05) is 6.92 Å². The van der Waals surface area contributed by atoms with Gasteiger partial charge in [-0.2, -0.15) is 0 Å². The highest BCUT2D eigenvalue weighted by Gasteiger charge is 2.29. The van der Waals surface area contributed by atoms with Gasteiger partial charge < -0.3 is 9.84 Å². The first-order valence-corrected chi connectivity index (χ1v) is 6.58. The molecule has 2 atom stereocenters. The van der Waals surface area contributed by atoms with Crippen LogP contribution in [0.1, 0.15) is 38.4 Å². The van der Waals surface area contributed by atoms with Crippen LogP contribution < -0.4 is 0 Å². The minimum Gasteiger partial charge on any atom is -0.466 e. The van der Waals surface area contributed by atoms with Gasteiger partial charge in [0.05, 0.1) is 18.6 Å². The van der Waals surface area contributed by atoms with Crippen LogP contribution in [-0.4, -0.2) is 17.7 Å². The van der Waals surface area contributed by atoms with Gasteiger partial charge in [0.15, 0.2) is 0 Å². The van der Waals surface area contributed by atoms with Gasteiger partial charge >= 0.3 is 5.97 Å². The Bertz CT molecular complexity index is 392. The fourth-order valence-electron chi connectivity index (χ4n) is 1.90. The molecule has 0 aliphatic carbocycles. The largest absolute Gasteiger partial charge is 0.466 e. The van der Waals surface area contributed by atoms with Crippen LogP contribution in [-0.2, 0) is 9.53 Å². The lowest BCUT2D eigenvalue weighted by Gasteiger charge is -2.21. The molecule has 2 unspecified atom stereocenters. The standard InChI is InChI=1S/C14H19ClO3/c1-3-7-11(14(17)18-4-2)13(16)10-8-5-6-9-12(10)15/h5-6,8-9,11,13,16H,3-4,7H2,1-2H3. The predicted molar refractivity (Wildman–Crippen MR) is 71.4 cm³/mol. The number of aliphatic hydroxyl groups is 1. The SMILES string of the molecule is CCCC(C(=O)OCC)C(O)c1ccccc1Cl. The predicted octanol–water partition coefficient (Wildman–Crippen LogP) is 3.35. The van der Waals surface area contributed by atoms with E-state index >= 15 is 0 Å². The van der Waals surface area contributed by atoms with Crippen molar-refractivity contribution in [3.63, 3.8) is 0 Å². The zero-order valence-electron chi connectivity index (χ0n) is 10.7. The van der Waals surface area contributed by atoms with Crippen molar-refractivity contribution < 1.29 is 14.6 Å². The quantitative estimate of drug-likeness (QED) is 0.807. The van der Waals surface area contributed by atoms with Gasteiger partial charge in [-0.1, -0.05) is 43.1 Å². The summed E-state index contributed by atoms with van der Waals surface area (Å²) in [6, 6.07) is 7.01. The second kappa shape index (κ2) is 7.39. The van der Waals surface area contributed by atoms with Crippen molar-refractivity contribution in [3.05, 3.63) is 34.9 Å². The average Bonchev–Trinajstić information content (AvgIpc) is 2.36. The Morgan fingerprint density at radius 1 is 1.39 bits per heavy atom. The summed E-state index contributed by atoms with van der Waals surface area (Å²) < 4.78 is 5.00. The van der Waals surface area contributed by atoms with Crippen LogP contribution in [0.3, 0.4) is 0 Å². The first kappa shape index (κ1) is 15.0. The number of ether oxygens (including phenoxy) is 1. The van der Waals surface area contributed by atoms with Gasteiger partial charge in [-0.3, -0.25) is 4.79 Å². The van der Waals surface area contributed by atoms with E-state index < -0.39 is 12.0 Å². The Balaban J connectivity index is 2.92. The minimum atomic E-state index is -0.919. The summed E-state index contributed by atoms with van der Waals surface area (Å²) in [6.07, 6.45) is 0.452. The Hall–Kier alpha value is -1.06. The monoisotopic (exact) mass is 270 g/mol. The van der Waals surface area contributed by atoms with Crippen LogP contribution in [0.2, 0.25) is 5.02 Å². The van der Waals surface area contributed by atoms with Crippen molar-refractivity contribution in [2.75, 3.05) is 6.61 Å². The molecule has 4 heteroatoms. The molecule has 0 bridgehead atoms. The molecule has 0 amide bonds. The maximum absolute atomic E-state index is 11.8. The number of esters is 1. The fraction of sp³-hybridized carbons (Fsp3) is 0.500. The summed E-state index contributed by atoms with van der Waals surface area (Å²) in [6.45, 7) is 4.03. The minimum absolute atomic E-state index is 0.314. The van der Waals surface area contributed by atoms with Crippen molar-refractivity contribution in [3.8, 4) is 0 Å². The number of aliphatic hydroxyl groups excluding tert-OH is 1. The summed E-state index contributed by atoms with van der Waals surface area (Å²) in [5.74, 6) is -0.929. The average molecular weight is 271 g/mol. The second-order valence-electron chi connectivity index (χ2n) is 4.11. The molecule has 1 N–H and O–H groups in total. The van der Waals surface area contributed by atoms with Gasteiger partial charge in [-0.25, -0.2) is 0 Å². The molecule has 0 radical (unpaired) electrons. The van der Waals surface area contributed by atoms with E-state index in [2.05, 4.69) is 0 Å². The molecule has 100 valence electrons. The number of benzene rings is 1. The molecule has 0 saturated heterocycles. The number of halogens is 1. The number of hydrogen-bond donors (Lipinski definition) is 1. The Labute approximate surface area is 113 Å². The van der Waals surface area contributed by atoms with Gasteiger partial charge in [0, 0.05) is 5.02 Å². The number of carbonyl (C=O) groups excluding carboxylic acids is 1. The lowest BCUT2D eigenvalue weighted by Crippen LogP contribution is -2.24. The summed E-state index contributed by atoms with van der Waals surface area (Å²) in [7, 11) is 0. The first-order valence-electron chi connectivity index (χ1n) is 6.20. The van der Waals surface area contributed by atoms with E-state index in [0.717, 1.165) is 6.42 Å². The van der Waals surface area contributed by atoms with Crippen molar-refractivity contribution >= 4 is 17.6 Å². The lowest BCUT2D eigenvalue weighted by atomic mass is 9.92. The molecule has 0 aliphatic heterocycles. The van der Waals surface area contributed by atoms with E-state index in [1.54, 1.807) is 31.2 Å². The molecular formula is C14H19ClO3.